The summed E-state index contributed by atoms with van der Waals surface area (Å²) in [5.74, 6) is 0.748. The normalized spacial score (nSPS) is 13.2. The lowest BCUT2D eigenvalue weighted by Gasteiger charge is -2.29. The van der Waals surface area contributed by atoms with Crippen molar-refractivity contribution in [3.63, 3.8) is 0 Å². The highest BCUT2D eigenvalue weighted by Crippen LogP contribution is 2.40. The predicted octanol–water partition coefficient (Wildman–Crippen LogP) is 5.90. The molecule has 3 aromatic heterocycles. The van der Waals surface area contributed by atoms with Crippen LogP contribution in [0, 0.1) is 0 Å². The van der Waals surface area contributed by atoms with Gasteiger partial charge in [-0.3, -0.25) is 4.98 Å². The molecule has 0 bridgehead atoms. The largest absolute Gasteiger partial charge is 0.337 e. The minimum atomic E-state index is -0.567. The van der Waals surface area contributed by atoms with Crippen molar-refractivity contribution in [1.29, 1.82) is 0 Å². The van der Waals surface area contributed by atoms with E-state index in [4.69, 9.17) is 4.98 Å². The summed E-state index contributed by atoms with van der Waals surface area (Å²) in [6, 6.07) is 19.1. The Bertz CT molecular complexity index is 1440. The fraction of sp³-hybridized carbons (Fsp3) is 0.241. The molecule has 5 nitrogen and oxygen atoms in total. The molecule has 1 unspecified atom stereocenters. The smallest absolute Gasteiger partial charge is 0.144 e. The van der Waals surface area contributed by atoms with Crippen LogP contribution >= 0.6 is 0 Å². The van der Waals surface area contributed by atoms with Gasteiger partial charge < -0.3 is 4.57 Å². The van der Waals surface area contributed by atoms with Gasteiger partial charge in [-0.25, -0.2) is 15.0 Å². The molecule has 5 rings (SSSR count). The molecular formula is C29H29N5. The lowest BCUT2D eigenvalue weighted by atomic mass is 9.77. The Hall–Kier alpha value is -3.86. The van der Waals surface area contributed by atoms with E-state index in [0.29, 0.717) is 0 Å². The highest BCUT2D eigenvalue weighted by Gasteiger charge is 2.37. The average molecular weight is 448 g/mol. The minimum Gasteiger partial charge on any atom is -0.337 e. The molecule has 0 aliphatic rings. The number of hydrogen-bond acceptors (Lipinski definition) is 4. The second kappa shape index (κ2) is 8.82. The maximum atomic E-state index is 5.11. The van der Waals surface area contributed by atoms with Crippen LogP contribution in [-0.4, -0.2) is 24.5 Å². The van der Waals surface area contributed by atoms with Crippen molar-refractivity contribution >= 4 is 10.9 Å². The average Bonchev–Trinajstić information content (AvgIpc) is 3.34. The van der Waals surface area contributed by atoms with Gasteiger partial charge in [0, 0.05) is 42.3 Å². The van der Waals surface area contributed by atoms with E-state index in [2.05, 4.69) is 88.8 Å². The first-order valence-electron chi connectivity index (χ1n) is 11.8. The van der Waals surface area contributed by atoms with Crippen molar-refractivity contribution in [2.75, 3.05) is 0 Å². The SMILES string of the molecule is CCc1nc2ccc(C(C)(c3ncccn3)c3cncn3C)cc2c(CC)c1-c1ccccc1. The first kappa shape index (κ1) is 22.0. The van der Waals surface area contributed by atoms with Gasteiger partial charge in [-0.05, 0) is 54.7 Å². The Labute approximate surface area is 200 Å². The second-order valence-electron chi connectivity index (χ2n) is 8.80. The van der Waals surface area contributed by atoms with Gasteiger partial charge in [0.2, 0.25) is 0 Å². The van der Waals surface area contributed by atoms with Crippen LogP contribution in [0.1, 0.15) is 49.1 Å². The summed E-state index contributed by atoms with van der Waals surface area (Å²) in [5, 5.41) is 1.18. The van der Waals surface area contributed by atoms with Crippen LogP contribution in [0.2, 0.25) is 0 Å². The second-order valence-corrected chi connectivity index (χ2v) is 8.80. The molecule has 0 fully saturated rings. The molecule has 170 valence electrons. The number of pyridine rings is 1. The lowest BCUT2D eigenvalue weighted by molar-refractivity contribution is 0.586. The molecule has 2 aromatic carbocycles. The number of aryl methyl sites for hydroxylation is 3. The third-order valence-electron chi connectivity index (χ3n) is 6.84. The third-order valence-corrected chi connectivity index (χ3v) is 6.84. The van der Waals surface area contributed by atoms with Crippen molar-refractivity contribution in [3.05, 3.63) is 108 Å². The number of nitrogens with zero attached hydrogens (tertiary/aromatic N) is 5. The molecule has 1 atom stereocenters. The van der Waals surface area contributed by atoms with Crippen LogP contribution in [0.25, 0.3) is 22.0 Å². The van der Waals surface area contributed by atoms with Gasteiger partial charge in [-0.1, -0.05) is 50.2 Å². The Morgan fingerprint density at radius 3 is 2.32 bits per heavy atom. The first-order valence-corrected chi connectivity index (χ1v) is 11.8. The zero-order valence-electron chi connectivity index (χ0n) is 20.2. The van der Waals surface area contributed by atoms with E-state index in [0.717, 1.165) is 41.1 Å². The fourth-order valence-corrected chi connectivity index (χ4v) is 5.05. The summed E-state index contributed by atoms with van der Waals surface area (Å²) < 4.78 is 2.05. The number of rotatable bonds is 6. The summed E-state index contributed by atoms with van der Waals surface area (Å²) in [4.78, 5) is 18.9. The summed E-state index contributed by atoms with van der Waals surface area (Å²) in [6.45, 7) is 6.59. The van der Waals surface area contributed by atoms with Crippen LogP contribution in [-0.2, 0) is 25.3 Å². The van der Waals surface area contributed by atoms with Gasteiger partial charge in [0.25, 0.3) is 0 Å². The van der Waals surface area contributed by atoms with E-state index in [9.17, 15) is 0 Å². The van der Waals surface area contributed by atoms with Gasteiger partial charge in [0.1, 0.15) is 5.82 Å². The fourth-order valence-electron chi connectivity index (χ4n) is 5.05. The van der Waals surface area contributed by atoms with E-state index in [1.807, 2.05) is 25.6 Å². The van der Waals surface area contributed by atoms with Crippen LogP contribution in [0.15, 0.2) is 79.5 Å². The first-order chi connectivity index (χ1) is 16.6. The van der Waals surface area contributed by atoms with Crippen LogP contribution in [0.3, 0.4) is 0 Å². The van der Waals surface area contributed by atoms with Crippen LogP contribution < -0.4 is 0 Å². The number of hydrogen-bond donors (Lipinski definition) is 0. The molecule has 3 heterocycles. The molecule has 0 saturated heterocycles. The molecule has 0 amide bonds. The number of aromatic nitrogens is 5. The van der Waals surface area contributed by atoms with E-state index in [1.165, 1.54) is 22.1 Å². The highest BCUT2D eigenvalue weighted by atomic mass is 15.0. The lowest BCUT2D eigenvalue weighted by Crippen LogP contribution is -2.30. The van der Waals surface area contributed by atoms with Gasteiger partial charge in [-0.2, -0.15) is 0 Å². The molecule has 34 heavy (non-hydrogen) atoms. The van der Waals surface area contributed by atoms with E-state index in [1.54, 1.807) is 12.4 Å². The molecule has 0 N–H and O–H groups in total. The van der Waals surface area contributed by atoms with E-state index >= 15 is 0 Å². The zero-order chi connectivity index (χ0) is 23.7. The van der Waals surface area contributed by atoms with Gasteiger partial charge >= 0.3 is 0 Å². The van der Waals surface area contributed by atoms with Gasteiger partial charge in [0.15, 0.2) is 0 Å². The predicted molar refractivity (Wildman–Crippen MR) is 137 cm³/mol. The molecule has 0 aliphatic carbocycles. The standard InChI is InChI=1S/C29H29N5/c1-5-22-23-17-21(29(3,26-18-30-19-34(26)4)28-31-15-10-16-32-28)13-14-25(23)33-24(6-2)27(22)20-11-8-7-9-12-20/h7-19H,5-6H2,1-4H3. The van der Waals surface area contributed by atoms with E-state index < -0.39 is 5.41 Å². The minimum absolute atomic E-state index is 0.567. The molecule has 5 heteroatoms. The number of imidazole rings is 1. The van der Waals surface area contributed by atoms with Crippen molar-refractivity contribution < 1.29 is 0 Å². The summed E-state index contributed by atoms with van der Waals surface area (Å²) in [5.41, 5.74) is 7.57. The Balaban J connectivity index is 1.82. The summed E-state index contributed by atoms with van der Waals surface area (Å²) >= 11 is 0. The van der Waals surface area contributed by atoms with Crippen LogP contribution in [0.5, 0.6) is 0 Å². The quantitative estimate of drug-likeness (QED) is 0.325. The van der Waals surface area contributed by atoms with Crippen molar-refractivity contribution in [1.82, 2.24) is 24.5 Å². The maximum Gasteiger partial charge on any atom is 0.144 e. The summed E-state index contributed by atoms with van der Waals surface area (Å²) in [7, 11) is 2.02. The Morgan fingerprint density at radius 1 is 0.912 bits per heavy atom. The maximum absolute atomic E-state index is 5.11. The van der Waals surface area contributed by atoms with Gasteiger partial charge in [-0.15, -0.1) is 0 Å². The highest BCUT2D eigenvalue weighted by molar-refractivity contribution is 5.91. The van der Waals surface area contributed by atoms with Crippen molar-refractivity contribution in [2.45, 2.75) is 39.0 Å². The monoisotopic (exact) mass is 447 g/mol. The number of benzene rings is 2. The molecule has 0 aliphatic heterocycles. The molecule has 0 radical (unpaired) electrons. The molecule has 5 aromatic rings. The Kier molecular flexibility index (Phi) is 5.70. The van der Waals surface area contributed by atoms with Crippen molar-refractivity contribution in [3.8, 4) is 11.1 Å². The van der Waals surface area contributed by atoms with E-state index in [-0.39, 0.29) is 0 Å². The van der Waals surface area contributed by atoms with Gasteiger partial charge in [0.05, 0.1) is 23.0 Å². The topological polar surface area (TPSA) is 56.5 Å². The van der Waals surface area contributed by atoms with Crippen LogP contribution in [0.4, 0.5) is 0 Å². The summed E-state index contributed by atoms with van der Waals surface area (Å²) in [6.07, 6.45) is 9.16. The molecule has 0 spiro atoms. The Morgan fingerprint density at radius 2 is 1.68 bits per heavy atom. The third kappa shape index (κ3) is 3.48. The van der Waals surface area contributed by atoms with Crippen molar-refractivity contribution in [2.24, 2.45) is 7.05 Å². The molecule has 0 saturated carbocycles. The number of fused-ring (bicyclic) bond motifs is 1. The zero-order valence-corrected chi connectivity index (χ0v) is 20.2. The molecular weight excluding hydrogens is 418 g/mol.